The van der Waals surface area contributed by atoms with Gasteiger partial charge in [-0.15, -0.1) is 0 Å². The van der Waals surface area contributed by atoms with Gasteiger partial charge in [0.05, 0.1) is 10.9 Å². The fourth-order valence-corrected chi connectivity index (χ4v) is 5.42. The Balaban J connectivity index is 1.58. The molecule has 0 radical (unpaired) electrons. The van der Waals surface area contributed by atoms with Crippen LogP contribution in [0.2, 0.25) is 0 Å². The molecule has 2 fully saturated rings. The summed E-state index contributed by atoms with van der Waals surface area (Å²) in [6.07, 6.45) is 4.52. The second kappa shape index (κ2) is 8.29. The SMILES string of the molecule is Cc1ccc(S(=O)(=O)N2CCN(C(C)C(=O)NC3CCCC3)CC2)cc1C. The lowest BCUT2D eigenvalue weighted by Gasteiger charge is -2.37. The summed E-state index contributed by atoms with van der Waals surface area (Å²) in [5, 5.41) is 3.14. The van der Waals surface area contributed by atoms with E-state index in [4.69, 9.17) is 0 Å². The summed E-state index contributed by atoms with van der Waals surface area (Å²) in [7, 11) is -3.48. The highest BCUT2D eigenvalue weighted by Gasteiger charge is 2.32. The van der Waals surface area contributed by atoms with Crippen molar-refractivity contribution < 1.29 is 13.2 Å². The van der Waals surface area contributed by atoms with Crippen molar-refractivity contribution in [2.45, 2.75) is 63.4 Å². The van der Waals surface area contributed by atoms with Crippen molar-refractivity contribution in [3.05, 3.63) is 29.3 Å². The molecule has 7 heteroatoms. The van der Waals surface area contributed by atoms with E-state index in [1.807, 2.05) is 26.8 Å². The van der Waals surface area contributed by atoms with E-state index in [1.165, 1.54) is 17.1 Å². The number of hydrogen-bond donors (Lipinski definition) is 1. The molecule has 1 saturated heterocycles. The van der Waals surface area contributed by atoms with Crippen LogP contribution in [0.25, 0.3) is 0 Å². The lowest BCUT2D eigenvalue weighted by Crippen LogP contribution is -2.55. The predicted molar refractivity (Wildman–Crippen MR) is 106 cm³/mol. The highest BCUT2D eigenvalue weighted by atomic mass is 32.2. The van der Waals surface area contributed by atoms with Gasteiger partial charge in [-0.25, -0.2) is 8.42 Å². The quantitative estimate of drug-likeness (QED) is 0.831. The molecule has 1 atom stereocenters. The Kier molecular flexibility index (Phi) is 6.23. The molecule has 1 amide bonds. The zero-order valence-electron chi connectivity index (χ0n) is 16.6. The van der Waals surface area contributed by atoms with Crippen molar-refractivity contribution in [2.24, 2.45) is 0 Å². The standard InChI is InChI=1S/C20H31N3O3S/c1-15-8-9-19(14-16(15)2)27(25,26)23-12-10-22(11-13-23)17(3)20(24)21-18-6-4-5-7-18/h8-9,14,17-18H,4-7,10-13H2,1-3H3,(H,21,24). The number of hydrogen-bond acceptors (Lipinski definition) is 4. The molecule has 1 heterocycles. The summed E-state index contributed by atoms with van der Waals surface area (Å²) in [6.45, 7) is 7.79. The number of nitrogens with zero attached hydrogens (tertiary/aromatic N) is 2. The predicted octanol–water partition coefficient (Wildman–Crippen LogP) is 2.06. The molecule has 0 aromatic heterocycles. The molecule has 0 bridgehead atoms. The highest BCUT2D eigenvalue weighted by molar-refractivity contribution is 7.89. The maximum Gasteiger partial charge on any atom is 0.243 e. The van der Waals surface area contributed by atoms with E-state index in [0.717, 1.165) is 24.0 Å². The van der Waals surface area contributed by atoms with Gasteiger partial charge in [0.15, 0.2) is 0 Å². The molecular formula is C20H31N3O3S. The third-order valence-corrected chi connectivity index (χ3v) is 7.91. The number of aryl methyl sites for hydroxylation is 2. The maximum atomic E-state index is 12.9. The monoisotopic (exact) mass is 393 g/mol. The Morgan fingerprint density at radius 3 is 2.30 bits per heavy atom. The zero-order valence-corrected chi connectivity index (χ0v) is 17.4. The number of sulfonamides is 1. The molecule has 1 aromatic rings. The second-order valence-electron chi connectivity index (χ2n) is 7.85. The Bertz CT molecular complexity index is 780. The second-order valence-corrected chi connectivity index (χ2v) is 9.79. The Labute approximate surface area is 163 Å². The zero-order chi connectivity index (χ0) is 19.6. The molecule has 1 N–H and O–H groups in total. The number of benzene rings is 1. The number of amides is 1. The first-order chi connectivity index (χ1) is 12.8. The van der Waals surface area contributed by atoms with Crippen LogP contribution < -0.4 is 5.32 Å². The van der Waals surface area contributed by atoms with E-state index in [2.05, 4.69) is 10.2 Å². The molecule has 0 spiro atoms. The first kappa shape index (κ1) is 20.3. The molecule has 1 aromatic carbocycles. The van der Waals surface area contributed by atoms with Gasteiger partial charge in [-0.05, 0) is 56.9 Å². The number of carbonyl (C=O) groups excluding carboxylic acids is 1. The molecule has 1 saturated carbocycles. The molecule has 2 aliphatic rings. The number of carbonyl (C=O) groups is 1. The minimum absolute atomic E-state index is 0.0624. The lowest BCUT2D eigenvalue weighted by molar-refractivity contribution is -0.127. The van der Waals surface area contributed by atoms with E-state index in [9.17, 15) is 13.2 Å². The van der Waals surface area contributed by atoms with Gasteiger partial charge < -0.3 is 5.32 Å². The smallest absolute Gasteiger partial charge is 0.243 e. The van der Waals surface area contributed by atoms with Crippen LogP contribution in [0.1, 0.15) is 43.7 Å². The van der Waals surface area contributed by atoms with Crippen LogP contribution in [-0.2, 0) is 14.8 Å². The maximum absolute atomic E-state index is 12.9. The van der Waals surface area contributed by atoms with E-state index in [1.54, 1.807) is 12.1 Å². The van der Waals surface area contributed by atoms with Gasteiger partial charge in [-0.1, -0.05) is 18.9 Å². The number of nitrogens with one attached hydrogen (secondary N) is 1. The van der Waals surface area contributed by atoms with E-state index < -0.39 is 10.0 Å². The van der Waals surface area contributed by atoms with Crippen molar-refractivity contribution >= 4 is 15.9 Å². The summed E-state index contributed by atoms with van der Waals surface area (Å²) in [4.78, 5) is 14.9. The van der Waals surface area contributed by atoms with Gasteiger partial charge in [-0.2, -0.15) is 4.31 Å². The molecule has 1 aliphatic carbocycles. The van der Waals surface area contributed by atoms with Crippen LogP contribution in [0.15, 0.2) is 23.1 Å². The van der Waals surface area contributed by atoms with E-state index >= 15 is 0 Å². The average Bonchev–Trinajstić information content (AvgIpc) is 3.16. The topological polar surface area (TPSA) is 69.7 Å². The first-order valence-corrected chi connectivity index (χ1v) is 11.3. The van der Waals surface area contributed by atoms with Crippen molar-refractivity contribution in [3.8, 4) is 0 Å². The van der Waals surface area contributed by atoms with Crippen molar-refractivity contribution in [2.75, 3.05) is 26.2 Å². The molecule has 6 nitrogen and oxygen atoms in total. The van der Waals surface area contributed by atoms with Gasteiger partial charge in [0, 0.05) is 32.2 Å². The average molecular weight is 394 g/mol. The van der Waals surface area contributed by atoms with Crippen molar-refractivity contribution in [1.29, 1.82) is 0 Å². The summed E-state index contributed by atoms with van der Waals surface area (Å²) in [5.74, 6) is 0.0624. The molecule has 1 aliphatic heterocycles. The van der Waals surface area contributed by atoms with Gasteiger partial charge in [0.25, 0.3) is 0 Å². The van der Waals surface area contributed by atoms with Crippen LogP contribution in [0, 0.1) is 13.8 Å². The molecule has 3 rings (SSSR count). The molecular weight excluding hydrogens is 362 g/mol. The molecule has 27 heavy (non-hydrogen) atoms. The van der Waals surface area contributed by atoms with Crippen molar-refractivity contribution in [1.82, 2.24) is 14.5 Å². The van der Waals surface area contributed by atoms with Gasteiger partial charge >= 0.3 is 0 Å². The normalized spacial score (nSPS) is 21.3. The van der Waals surface area contributed by atoms with E-state index in [0.29, 0.717) is 37.1 Å². The Morgan fingerprint density at radius 1 is 1.07 bits per heavy atom. The van der Waals surface area contributed by atoms with Gasteiger partial charge in [0.2, 0.25) is 15.9 Å². The summed E-state index contributed by atoms with van der Waals surface area (Å²) in [5.41, 5.74) is 2.06. The summed E-state index contributed by atoms with van der Waals surface area (Å²) < 4.78 is 27.4. The first-order valence-electron chi connectivity index (χ1n) is 9.91. The van der Waals surface area contributed by atoms with Crippen LogP contribution in [0.3, 0.4) is 0 Å². The molecule has 1 unspecified atom stereocenters. The lowest BCUT2D eigenvalue weighted by atomic mass is 10.1. The van der Waals surface area contributed by atoms with Crippen LogP contribution >= 0.6 is 0 Å². The largest absolute Gasteiger partial charge is 0.352 e. The third-order valence-electron chi connectivity index (χ3n) is 6.02. The highest BCUT2D eigenvalue weighted by Crippen LogP contribution is 2.21. The van der Waals surface area contributed by atoms with Crippen LogP contribution in [-0.4, -0.2) is 61.8 Å². The van der Waals surface area contributed by atoms with Crippen LogP contribution in [0.4, 0.5) is 0 Å². The Hall–Kier alpha value is -1.44. The van der Waals surface area contributed by atoms with Gasteiger partial charge in [0.1, 0.15) is 0 Å². The molecule has 150 valence electrons. The minimum Gasteiger partial charge on any atom is -0.352 e. The summed E-state index contributed by atoms with van der Waals surface area (Å²) in [6, 6.07) is 5.37. The van der Waals surface area contributed by atoms with E-state index in [-0.39, 0.29) is 11.9 Å². The third kappa shape index (κ3) is 4.52. The minimum atomic E-state index is -3.48. The fraction of sp³-hybridized carbons (Fsp3) is 0.650. The van der Waals surface area contributed by atoms with Gasteiger partial charge in [-0.3, -0.25) is 9.69 Å². The van der Waals surface area contributed by atoms with Crippen molar-refractivity contribution in [3.63, 3.8) is 0 Å². The Morgan fingerprint density at radius 2 is 1.70 bits per heavy atom. The number of rotatable bonds is 5. The fourth-order valence-electron chi connectivity index (χ4n) is 3.91. The summed E-state index contributed by atoms with van der Waals surface area (Å²) >= 11 is 0. The van der Waals surface area contributed by atoms with Crippen LogP contribution in [0.5, 0.6) is 0 Å². The number of piperazine rings is 1.